The molecular formula is C30H44Cl2N9O5+. The second-order valence-electron chi connectivity index (χ2n) is 11.3. The number of carbonyl (C=O) groups excluding carboxylic acids is 3. The molecule has 2 aromatic heterocycles. The molecule has 0 spiro atoms. The molecule has 0 saturated carbocycles. The van der Waals surface area contributed by atoms with Crippen molar-refractivity contribution < 1.29 is 28.4 Å². The fourth-order valence-corrected chi connectivity index (χ4v) is 5.38. The maximum absolute atomic E-state index is 12.9. The minimum atomic E-state index is -0.630. The van der Waals surface area contributed by atoms with Crippen molar-refractivity contribution in [1.82, 2.24) is 30.1 Å². The third-order valence-corrected chi connectivity index (χ3v) is 7.44. The number of rotatable bonds is 10. The fourth-order valence-electron chi connectivity index (χ4n) is 5.25. The van der Waals surface area contributed by atoms with Gasteiger partial charge in [0.15, 0.2) is 33.5 Å². The highest BCUT2D eigenvalue weighted by atomic mass is 35.5. The molecule has 1 fully saturated rings. The van der Waals surface area contributed by atoms with Crippen LogP contribution < -0.4 is 31.4 Å². The van der Waals surface area contributed by atoms with Crippen LogP contribution in [0, 0.1) is 0 Å². The molecule has 3 heterocycles. The number of aryl methyl sites for hydroxylation is 2. The number of halogens is 2. The van der Waals surface area contributed by atoms with Crippen molar-refractivity contribution in [2.24, 2.45) is 0 Å². The maximum Gasteiger partial charge on any atom is 0.410 e. The Labute approximate surface area is 278 Å². The van der Waals surface area contributed by atoms with Crippen LogP contribution in [0.2, 0.25) is 5.15 Å². The van der Waals surface area contributed by atoms with Crippen molar-refractivity contribution >= 4 is 63.8 Å². The van der Waals surface area contributed by atoms with Crippen molar-refractivity contribution in [3.8, 4) is 5.75 Å². The molecule has 1 aliphatic rings. The van der Waals surface area contributed by atoms with E-state index in [1.54, 1.807) is 20.8 Å². The van der Waals surface area contributed by atoms with E-state index in [0.29, 0.717) is 31.8 Å². The molecular weight excluding hydrogens is 637 g/mol. The minimum Gasteiger partial charge on any atom is -0.492 e. The van der Waals surface area contributed by atoms with Crippen molar-refractivity contribution in [1.29, 1.82) is 0 Å². The van der Waals surface area contributed by atoms with Gasteiger partial charge in [-0.15, -0.1) is 11.6 Å². The van der Waals surface area contributed by atoms with E-state index in [2.05, 4.69) is 41.3 Å². The quantitative estimate of drug-likeness (QED) is 0.142. The van der Waals surface area contributed by atoms with Gasteiger partial charge in [0.1, 0.15) is 30.5 Å². The Balaban J connectivity index is 0.00000282. The average molecular weight is 682 g/mol. The van der Waals surface area contributed by atoms with Crippen molar-refractivity contribution in [3.63, 3.8) is 0 Å². The van der Waals surface area contributed by atoms with Crippen LogP contribution in [-0.2, 0) is 29.2 Å². The SMILES string of the molecule is CCl.CCn1c(CNC(=O)c2nc(Cl)c(N)nc2N)[n+](CC)c2ccc(OCCNC(=O)C3CCCN3C(=O)OC(C)(C)C)cc21. The van der Waals surface area contributed by atoms with Crippen LogP contribution in [0.3, 0.4) is 0 Å². The van der Waals surface area contributed by atoms with Crippen LogP contribution in [0.5, 0.6) is 5.75 Å². The molecule has 1 saturated heterocycles. The summed E-state index contributed by atoms with van der Waals surface area (Å²) >= 11 is 10.6. The summed E-state index contributed by atoms with van der Waals surface area (Å²) in [5, 5.41) is 5.64. The Morgan fingerprint density at radius 2 is 1.83 bits per heavy atom. The predicted molar refractivity (Wildman–Crippen MR) is 177 cm³/mol. The van der Waals surface area contributed by atoms with Gasteiger partial charge in [-0.2, -0.15) is 0 Å². The number of nitrogens with one attached hydrogen (secondary N) is 2. The third-order valence-electron chi connectivity index (χ3n) is 7.16. The Kier molecular flexibility index (Phi) is 12.7. The summed E-state index contributed by atoms with van der Waals surface area (Å²) in [5.74, 6) is 0.595. The van der Waals surface area contributed by atoms with Crippen LogP contribution in [-0.4, -0.2) is 75.1 Å². The van der Waals surface area contributed by atoms with E-state index in [-0.39, 0.29) is 48.1 Å². The van der Waals surface area contributed by atoms with E-state index < -0.39 is 23.6 Å². The van der Waals surface area contributed by atoms with Gasteiger partial charge in [-0.25, -0.2) is 23.9 Å². The first-order chi connectivity index (χ1) is 21.8. The van der Waals surface area contributed by atoms with Crippen LogP contribution >= 0.6 is 23.2 Å². The number of nitrogens with zero attached hydrogens (tertiary/aromatic N) is 5. The number of hydrogen-bond acceptors (Lipinski definition) is 9. The Hall–Kier alpha value is -4.04. The summed E-state index contributed by atoms with van der Waals surface area (Å²) in [5.41, 5.74) is 12.6. The number of fused-ring (bicyclic) bond motifs is 1. The Bertz CT molecular complexity index is 1560. The summed E-state index contributed by atoms with van der Waals surface area (Å²) in [6.45, 7) is 11.9. The van der Waals surface area contributed by atoms with E-state index in [9.17, 15) is 14.4 Å². The summed E-state index contributed by atoms with van der Waals surface area (Å²) in [6.07, 6.45) is 2.33. The lowest BCUT2D eigenvalue weighted by Crippen LogP contribution is -2.48. The van der Waals surface area contributed by atoms with Gasteiger partial charge >= 0.3 is 6.09 Å². The number of nitrogen functional groups attached to an aromatic ring is 2. The monoisotopic (exact) mass is 680 g/mol. The summed E-state index contributed by atoms with van der Waals surface area (Å²) in [4.78, 5) is 47.6. The van der Waals surface area contributed by atoms with Crippen LogP contribution in [0.15, 0.2) is 18.2 Å². The van der Waals surface area contributed by atoms with Gasteiger partial charge in [0.25, 0.3) is 11.7 Å². The molecule has 6 N–H and O–H groups in total. The van der Waals surface area contributed by atoms with E-state index in [1.165, 1.54) is 11.3 Å². The first-order valence-corrected chi connectivity index (χ1v) is 16.2. The number of ether oxygens (including phenoxy) is 2. The highest BCUT2D eigenvalue weighted by Gasteiger charge is 2.36. The van der Waals surface area contributed by atoms with E-state index in [0.717, 1.165) is 23.3 Å². The maximum atomic E-state index is 12.9. The predicted octanol–water partition coefficient (Wildman–Crippen LogP) is 3.26. The number of hydrogen-bond donors (Lipinski definition) is 4. The molecule has 3 amide bonds. The van der Waals surface area contributed by atoms with Gasteiger partial charge in [0, 0.05) is 19.0 Å². The van der Waals surface area contributed by atoms with E-state index in [1.807, 2.05) is 32.0 Å². The third kappa shape index (κ3) is 8.60. The number of nitrogens with two attached hydrogens (primary N) is 2. The number of anilines is 2. The van der Waals surface area contributed by atoms with Crippen LogP contribution in [0.1, 0.15) is 63.8 Å². The Morgan fingerprint density at radius 1 is 1.11 bits per heavy atom. The van der Waals surface area contributed by atoms with Crippen molar-refractivity contribution in [2.45, 2.75) is 78.7 Å². The first kappa shape index (κ1) is 36.4. The normalized spacial score (nSPS) is 14.4. The zero-order valence-electron chi connectivity index (χ0n) is 27.2. The standard InChI is InChI=1S/C29H40ClN9O5.CH3Cl/c1-6-37-18-11-10-17(43-14-12-33-26(40)19-9-8-13-39(19)28(42)44-29(3,4)5)15-20(18)38(7-2)21(37)16-34-27(41)22-24(31)36-25(32)23(30)35-22;1-2/h10-11,15,19H,6-9,12-14,16H2,1-5H3,(H5-,31,32,33,34,36,40,41);1H3/p+1. The average Bonchev–Trinajstić information content (AvgIpc) is 3.62. The highest BCUT2D eigenvalue weighted by molar-refractivity contribution is 6.31. The van der Waals surface area contributed by atoms with Crippen molar-refractivity contribution in [2.75, 3.05) is 37.5 Å². The topological polar surface area (TPSA) is 184 Å². The van der Waals surface area contributed by atoms with Gasteiger partial charge < -0.3 is 31.6 Å². The molecule has 0 radical (unpaired) electrons. The summed E-state index contributed by atoms with van der Waals surface area (Å²) < 4.78 is 15.6. The minimum absolute atomic E-state index is 0.0466. The lowest BCUT2D eigenvalue weighted by molar-refractivity contribution is -0.676. The van der Waals surface area contributed by atoms with Crippen LogP contribution in [0.4, 0.5) is 16.4 Å². The molecule has 46 heavy (non-hydrogen) atoms. The molecule has 16 heteroatoms. The summed E-state index contributed by atoms with van der Waals surface area (Å²) in [7, 11) is 0. The molecule has 14 nitrogen and oxygen atoms in total. The lowest BCUT2D eigenvalue weighted by Gasteiger charge is -2.28. The number of likely N-dealkylation sites (tertiary alicyclic amines) is 1. The molecule has 1 aliphatic heterocycles. The fraction of sp³-hybridized carbons (Fsp3) is 0.533. The molecule has 1 atom stereocenters. The van der Waals surface area contributed by atoms with Gasteiger partial charge in [-0.05, 0) is 59.6 Å². The highest BCUT2D eigenvalue weighted by Crippen LogP contribution is 2.23. The molecule has 1 unspecified atom stereocenters. The van der Waals surface area contributed by atoms with Gasteiger partial charge in [-0.3, -0.25) is 14.5 Å². The van der Waals surface area contributed by atoms with Crippen molar-refractivity contribution in [3.05, 3.63) is 34.9 Å². The lowest BCUT2D eigenvalue weighted by atomic mass is 10.2. The molecule has 252 valence electrons. The molecule has 0 bridgehead atoms. The second-order valence-corrected chi connectivity index (χ2v) is 11.7. The number of amides is 3. The second kappa shape index (κ2) is 16.0. The van der Waals surface area contributed by atoms with E-state index >= 15 is 0 Å². The van der Waals surface area contributed by atoms with Gasteiger partial charge in [0.05, 0.1) is 19.6 Å². The number of carbonyl (C=O) groups is 3. The molecule has 1 aromatic carbocycles. The Morgan fingerprint density at radius 3 is 2.48 bits per heavy atom. The largest absolute Gasteiger partial charge is 0.492 e. The summed E-state index contributed by atoms with van der Waals surface area (Å²) in [6, 6.07) is 5.21. The molecule has 0 aliphatic carbocycles. The zero-order chi connectivity index (χ0) is 34.2. The van der Waals surface area contributed by atoms with E-state index in [4.69, 9.17) is 32.5 Å². The first-order valence-electron chi connectivity index (χ1n) is 15.0. The molecule has 3 aromatic rings. The van der Waals surface area contributed by atoms with Crippen LogP contribution in [0.25, 0.3) is 11.0 Å². The zero-order valence-corrected chi connectivity index (χ0v) is 28.7. The van der Waals surface area contributed by atoms with Gasteiger partial charge in [-0.1, -0.05) is 11.6 Å². The number of aromatic nitrogens is 4. The smallest absolute Gasteiger partial charge is 0.410 e. The molecule has 4 rings (SSSR count). The number of imidazole rings is 1. The number of alkyl halides is 1. The van der Waals surface area contributed by atoms with Gasteiger partial charge in [0.2, 0.25) is 5.91 Å². The number of benzene rings is 1.